The predicted octanol–water partition coefficient (Wildman–Crippen LogP) is 3.04. The van der Waals surface area contributed by atoms with Gasteiger partial charge >= 0.3 is 5.97 Å². The van der Waals surface area contributed by atoms with Crippen molar-refractivity contribution in [2.45, 2.75) is 71.4 Å². The van der Waals surface area contributed by atoms with Crippen molar-refractivity contribution < 1.29 is 9.90 Å². The van der Waals surface area contributed by atoms with E-state index in [1.54, 1.807) is 0 Å². The second-order valence-corrected chi connectivity index (χ2v) is 5.81. The molecule has 1 rings (SSSR count). The highest BCUT2D eigenvalue weighted by Crippen LogP contribution is 2.28. The van der Waals surface area contributed by atoms with Crippen LogP contribution in [0.25, 0.3) is 0 Å². The van der Waals surface area contributed by atoms with Crippen LogP contribution < -0.4 is 5.32 Å². The number of nitrogens with one attached hydrogen (secondary N) is 1. The van der Waals surface area contributed by atoms with E-state index in [4.69, 9.17) is 0 Å². The summed E-state index contributed by atoms with van der Waals surface area (Å²) in [4.78, 5) is 11.2. The first-order valence-corrected chi connectivity index (χ1v) is 7.01. The molecule has 1 fully saturated rings. The summed E-state index contributed by atoms with van der Waals surface area (Å²) in [6, 6.07) is 0.0455. The monoisotopic (exact) mass is 241 g/mol. The molecule has 1 saturated carbocycles. The van der Waals surface area contributed by atoms with Crippen molar-refractivity contribution in [3.8, 4) is 0 Å². The fraction of sp³-hybridized carbons (Fsp3) is 0.929. The van der Waals surface area contributed by atoms with Gasteiger partial charge in [0.05, 0.1) is 0 Å². The summed E-state index contributed by atoms with van der Waals surface area (Å²) < 4.78 is 0. The first-order chi connectivity index (χ1) is 8.02. The molecule has 0 aromatic heterocycles. The smallest absolute Gasteiger partial charge is 0.320 e. The van der Waals surface area contributed by atoms with Crippen LogP contribution in [0.1, 0.15) is 59.3 Å². The van der Waals surface area contributed by atoms with Crippen molar-refractivity contribution in [2.75, 3.05) is 0 Å². The van der Waals surface area contributed by atoms with Crippen molar-refractivity contribution >= 4 is 5.97 Å². The Bertz CT molecular complexity index is 232. The SMILES string of the molecule is CCCC[C@H](NC1CC(C)CC(C)C1)C(=O)O. The van der Waals surface area contributed by atoms with E-state index in [0.717, 1.165) is 43.9 Å². The minimum absolute atomic E-state index is 0.350. The average molecular weight is 241 g/mol. The molecule has 0 bridgehead atoms. The van der Waals surface area contributed by atoms with Gasteiger partial charge in [-0.15, -0.1) is 0 Å². The maximum absolute atomic E-state index is 11.2. The van der Waals surface area contributed by atoms with Crippen molar-refractivity contribution in [2.24, 2.45) is 11.8 Å². The van der Waals surface area contributed by atoms with E-state index in [1.165, 1.54) is 6.42 Å². The fourth-order valence-corrected chi connectivity index (χ4v) is 3.05. The van der Waals surface area contributed by atoms with Crippen LogP contribution in [0.15, 0.2) is 0 Å². The molecule has 2 unspecified atom stereocenters. The van der Waals surface area contributed by atoms with Crippen LogP contribution in [-0.4, -0.2) is 23.2 Å². The minimum Gasteiger partial charge on any atom is -0.480 e. The molecule has 0 aliphatic heterocycles. The quantitative estimate of drug-likeness (QED) is 0.751. The Balaban J connectivity index is 2.45. The third-order valence-electron chi connectivity index (χ3n) is 3.76. The number of carboxylic acid groups (broad SMARTS) is 1. The molecule has 1 aliphatic rings. The number of carboxylic acids is 1. The van der Waals surface area contributed by atoms with E-state index in [2.05, 4.69) is 26.1 Å². The second kappa shape index (κ2) is 7.00. The van der Waals surface area contributed by atoms with Gasteiger partial charge < -0.3 is 10.4 Å². The summed E-state index contributed by atoms with van der Waals surface area (Å²) >= 11 is 0. The molecule has 17 heavy (non-hydrogen) atoms. The minimum atomic E-state index is -0.690. The molecular weight excluding hydrogens is 214 g/mol. The molecule has 0 radical (unpaired) electrons. The molecule has 0 saturated heterocycles. The predicted molar refractivity (Wildman–Crippen MR) is 70.1 cm³/mol. The summed E-state index contributed by atoms with van der Waals surface area (Å²) in [5, 5.41) is 12.6. The zero-order chi connectivity index (χ0) is 12.8. The highest BCUT2D eigenvalue weighted by atomic mass is 16.4. The zero-order valence-corrected chi connectivity index (χ0v) is 11.4. The molecule has 0 amide bonds. The van der Waals surface area contributed by atoms with Crippen LogP contribution in [0.4, 0.5) is 0 Å². The standard InChI is InChI=1S/C14H27NO2/c1-4-5-6-13(14(16)17)15-12-8-10(2)7-11(3)9-12/h10-13,15H,4-9H2,1-3H3,(H,16,17)/t10?,11?,12?,13-/m0/s1. The Hall–Kier alpha value is -0.570. The van der Waals surface area contributed by atoms with Crippen molar-refractivity contribution in [1.29, 1.82) is 0 Å². The Morgan fingerprint density at radius 2 is 1.88 bits per heavy atom. The lowest BCUT2D eigenvalue weighted by Crippen LogP contribution is -2.46. The number of hydrogen-bond acceptors (Lipinski definition) is 2. The van der Waals surface area contributed by atoms with E-state index in [0.29, 0.717) is 6.04 Å². The lowest BCUT2D eigenvalue weighted by atomic mass is 9.80. The number of hydrogen-bond donors (Lipinski definition) is 2. The lowest BCUT2D eigenvalue weighted by Gasteiger charge is -2.33. The van der Waals surface area contributed by atoms with Gasteiger partial charge in [0.2, 0.25) is 0 Å². The molecule has 2 N–H and O–H groups in total. The van der Waals surface area contributed by atoms with Crippen LogP contribution in [0.3, 0.4) is 0 Å². The molecule has 0 aromatic carbocycles. The van der Waals surface area contributed by atoms with Crippen molar-refractivity contribution in [3.05, 3.63) is 0 Å². The summed E-state index contributed by atoms with van der Waals surface area (Å²) in [5.74, 6) is 0.748. The molecule has 0 aromatic rings. The lowest BCUT2D eigenvalue weighted by molar-refractivity contribution is -0.140. The number of carbonyl (C=O) groups is 1. The fourth-order valence-electron chi connectivity index (χ4n) is 3.05. The van der Waals surface area contributed by atoms with Gasteiger partial charge in [0.15, 0.2) is 0 Å². The van der Waals surface area contributed by atoms with Gasteiger partial charge in [-0.1, -0.05) is 33.6 Å². The first kappa shape index (κ1) is 14.5. The first-order valence-electron chi connectivity index (χ1n) is 7.01. The average Bonchev–Trinajstić information content (AvgIpc) is 2.22. The number of aliphatic carboxylic acids is 1. The summed E-state index contributed by atoms with van der Waals surface area (Å²) in [6.07, 6.45) is 6.33. The molecule has 100 valence electrons. The molecule has 1 aliphatic carbocycles. The Kier molecular flexibility index (Phi) is 5.96. The van der Waals surface area contributed by atoms with Gasteiger partial charge in [-0.2, -0.15) is 0 Å². The molecular formula is C14H27NO2. The largest absolute Gasteiger partial charge is 0.480 e. The maximum atomic E-state index is 11.2. The van der Waals surface area contributed by atoms with E-state index in [9.17, 15) is 9.90 Å². The van der Waals surface area contributed by atoms with E-state index < -0.39 is 5.97 Å². The highest BCUT2D eigenvalue weighted by molar-refractivity contribution is 5.73. The summed E-state index contributed by atoms with van der Waals surface area (Å²) in [5.41, 5.74) is 0. The summed E-state index contributed by atoms with van der Waals surface area (Å²) in [7, 11) is 0. The van der Waals surface area contributed by atoms with Gasteiger partial charge in [-0.3, -0.25) is 4.79 Å². The highest BCUT2D eigenvalue weighted by Gasteiger charge is 2.27. The maximum Gasteiger partial charge on any atom is 0.320 e. The van der Waals surface area contributed by atoms with Gasteiger partial charge in [0.25, 0.3) is 0 Å². The third-order valence-corrected chi connectivity index (χ3v) is 3.76. The molecule has 0 heterocycles. The van der Waals surface area contributed by atoms with Crippen LogP contribution in [0, 0.1) is 11.8 Å². The molecule has 3 heteroatoms. The topological polar surface area (TPSA) is 49.3 Å². The molecule has 3 atom stereocenters. The normalized spacial score (nSPS) is 31.1. The summed E-state index contributed by atoms with van der Waals surface area (Å²) in [6.45, 7) is 6.64. The number of rotatable bonds is 6. The van der Waals surface area contributed by atoms with Crippen LogP contribution in [0.2, 0.25) is 0 Å². The van der Waals surface area contributed by atoms with Gasteiger partial charge in [-0.25, -0.2) is 0 Å². The second-order valence-electron chi connectivity index (χ2n) is 5.81. The molecule has 3 nitrogen and oxygen atoms in total. The Labute approximate surface area is 105 Å². The zero-order valence-electron chi connectivity index (χ0n) is 11.4. The van der Waals surface area contributed by atoms with E-state index in [-0.39, 0.29) is 6.04 Å². The third kappa shape index (κ3) is 5.07. The molecule has 0 spiro atoms. The Morgan fingerprint density at radius 1 is 1.29 bits per heavy atom. The van der Waals surface area contributed by atoms with E-state index in [1.807, 2.05) is 0 Å². The van der Waals surface area contributed by atoms with Crippen molar-refractivity contribution in [3.63, 3.8) is 0 Å². The van der Waals surface area contributed by atoms with Crippen LogP contribution in [0.5, 0.6) is 0 Å². The van der Waals surface area contributed by atoms with Gasteiger partial charge in [0.1, 0.15) is 6.04 Å². The van der Waals surface area contributed by atoms with Gasteiger partial charge in [-0.05, 0) is 37.5 Å². The number of unbranched alkanes of at least 4 members (excludes halogenated alkanes) is 1. The van der Waals surface area contributed by atoms with E-state index >= 15 is 0 Å². The van der Waals surface area contributed by atoms with Crippen LogP contribution >= 0.6 is 0 Å². The van der Waals surface area contributed by atoms with Crippen LogP contribution in [-0.2, 0) is 4.79 Å². The van der Waals surface area contributed by atoms with Crippen molar-refractivity contribution in [1.82, 2.24) is 5.32 Å². The Morgan fingerprint density at radius 3 is 2.35 bits per heavy atom. The van der Waals surface area contributed by atoms with Gasteiger partial charge in [0, 0.05) is 6.04 Å².